The molecule has 3 heterocycles. The van der Waals surface area contributed by atoms with E-state index in [1.165, 1.54) is 24.6 Å². The lowest BCUT2D eigenvalue weighted by atomic mass is 10.1. The minimum atomic E-state index is -1.08. The molecule has 4 rings (SSSR count). The zero-order valence-corrected chi connectivity index (χ0v) is 12.9. The molecule has 0 radical (unpaired) electrons. The van der Waals surface area contributed by atoms with Gasteiger partial charge in [0.2, 0.25) is 0 Å². The highest BCUT2D eigenvalue weighted by Crippen LogP contribution is 2.37. The zero-order chi connectivity index (χ0) is 16.1. The Bertz CT molecular complexity index is 1080. The van der Waals surface area contributed by atoms with Crippen LogP contribution in [0.3, 0.4) is 0 Å². The predicted octanol–water partition coefficient (Wildman–Crippen LogP) is 2.75. The van der Waals surface area contributed by atoms with Crippen molar-refractivity contribution in [1.82, 2.24) is 15.0 Å². The Balaban J connectivity index is 2.25. The van der Waals surface area contributed by atoms with E-state index in [2.05, 4.69) is 15.0 Å². The topological polar surface area (TPSA) is 114 Å². The second-order valence-corrected chi connectivity index (χ2v) is 6.19. The van der Waals surface area contributed by atoms with Gasteiger partial charge in [-0.3, -0.25) is 0 Å². The molecule has 3 aromatic heterocycles. The van der Waals surface area contributed by atoms with Gasteiger partial charge in [-0.2, -0.15) is 0 Å². The predicted molar refractivity (Wildman–Crippen MR) is 88.9 cm³/mol. The van der Waals surface area contributed by atoms with Crippen LogP contribution in [0.2, 0.25) is 0 Å². The van der Waals surface area contributed by atoms with E-state index in [4.69, 9.17) is 10.5 Å². The molecule has 0 fully saturated rings. The van der Waals surface area contributed by atoms with Gasteiger partial charge in [0.25, 0.3) is 0 Å². The zero-order valence-electron chi connectivity index (χ0n) is 12.1. The number of carboxylic acid groups (broad SMARTS) is 1. The molecule has 0 atom stereocenters. The number of anilines is 1. The molecule has 0 saturated carbocycles. The van der Waals surface area contributed by atoms with Crippen molar-refractivity contribution in [2.24, 2.45) is 0 Å². The maximum Gasteiger partial charge on any atom is 0.354 e. The molecule has 7 nitrogen and oxygen atoms in total. The van der Waals surface area contributed by atoms with Crippen molar-refractivity contribution in [1.29, 1.82) is 0 Å². The third-order valence-electron chi connectivity index (χ3n) is 3.77. The number of fused-ring (bicyclic) bond motifs is 5. The van der Waals surface area contributed by atoms with Gasteiger partial charge in [-0.1, -0.05) is 11.3 Å². The molecule has 4 aromatic rings. The SMILES string of the molecule is COCc1c(C(=O)O)ncc2[nH]c3ccc4sc(N)nc4c3c12. The smallest absolute Gasteiger partial charge is 0.354 e. The molecule has 0 bridgehead atoms. The highest BCUT2D eigenvalue weighted by atomic mass is 32.1. The summed E-state index contributed by atoms with van der Waals surface area (Å²) < 4.78 is 6.15. The number of carbonyl (C=O) groups is 1. The van der Waals surface area contributed by atoms with Crippen LogP contribution >= 0.6 is 11.3 Å². The van der Waals surface area contributed by atoms with Crippen molar-refractivity contribution in [3.63, 3.8) is 0 Å². The average molecular weight is 328 g/mol. The van der Waals surface area contributed by atoms with Crippen LogP contribution in [0.4, 0.5) is 5.13 Å². The van der Waals surface area contributed by atoms with E-state index in [9.17, 15) is 9.90 Å². The summed E-state index contributed by atoms with van der Waals surface area (Å²) in [6, 6.07) is 3.88. The summed E-state index contributed by atoms with van der Waals surface area (Å²) in [5.74, 6) is -1.08. The first-order chi connectivity index (χ1) is 11.1. The van der Waals surface area contributed by atoms with Gasteiger partial charge in [-0.05, 0) is 12.1 Å². The first-order valence-corrected chi connectivity index (χ1v) is 7.62. The van der Waals surface area contributed by atoms with Crippen LogP contribution in [-0.4, -0.2) is 33.1 Å². The Kier molecular flexibility index (Phi) is 2.97. The van der Waals surface area contributed by atoms with Gasteiger partial charge >= 0.3 is 5.97 Å². The van der Waals surface area contributed by atoms with Crippen LogP contribution in [0.15, 0.2) is 18.3 Å². The summed E-state index contributed by atoms with van der Waals surface area (Å²) in [5.41, 5.74) is 8.72. The van der Waals surface area contributed by atoms with Crippen LogP contribution < -0.4 is 5.73 Å². The molecular weight excluding hydrogens is 316 g/mol. The second kappa shape index (κ2) is 4.90. The number of H-pyrrole nitrogens is 1. The number of nitrogens with one attached hydrogen (secondary N) is 1. The summed E-state index contributed by atoms with van der Waals surface area (Å²) in [6.07, 6.45) is 1.53. The number of benzene rings is 1. The Hall–Kier alpha value is -2.71. The highest BCUT2D eigenvalue weighted by Gasteiger charge is 2.20. The molecule has 4 N–H and O–H groups in total. The van der Waals surface area contributed by atoms with E-state index < -0.39 is 5.97 Å². The maximum atomic E-state index is 11.5. The molecule has 0 spiro atoms. The van der Waals surface area contributed by atoms with E-state index in [0.717, 1.165) is 32.0 Å². The average Bonchev–Trinajstić information content (AvgIpc) is 3.06. The van der Waals surface area contributed by atoms with Crippen molar-refractivity contribution in [2.75, 3.05) is 12.8 Å². The van der Waals surface area contributed by atoms with Gasteiger partial charge in [0.1, 0.15) is 0 Å². The van der Waals surface area contributed by atoms with E-state index >= 15 is 0 Å². The number of nitrogens with two attached hydrogens (primary N) is 1. The summed E-state index contributed by atoms with van der Waals surface area (Å²) in [7, 11) is 1.52. The van der Waals surface area contributed by atoms with Gasteiger partial charge in [-0.15, -0.1) is 0 Å². The number of ether oxygens (including phenoxy) is 1. The number of nitrogen functional groups attached to an aromatic ring is 1. The molecule has 0 aliphatic carbocycles. The number of methoxy groups -OCH3 is 1. The highest BCUT2D eigenvalue weighted by molar-refractivity contribution is 7.22. The van der Waals surface area contributed by atoms with Crippen LogP contribution in [0.1, 0.15) is 16.1 Å². The van der Waals surface area contributed by atoms with Crippen LogP contribution in [0.5, 0.6) is 0 Å². The molecular formula is C15H12N4O3S. The number of nitrogens with zero attached hydrogens (tertiary/aromatic N) is 2. The lowest BCUT2D eigenvalue weighted by molar-refractivity contribution is 0.0685. The number of hydrogen-bond acceptors (Lipinski definition) is 6. The molecule has 0 aliphatic rings. The van der Waals surface area contributed by atoms with Crippen molar-refractivity contribution < 1.29 is 14.6 Å². The fourth-order valence-corrected chi connectivity index (χ4v) is 3.66. The Morgan fingerprint density at radius 3 is 2.96 bits per heavy atom. The van der Waals surface area contributed by atoms with Crippen molar-refractivity contribution in [2.45, 2.75) is 6.61 Å². The van der Waals surface area contributed by atoms with Gasteiger partial charge in [0.05, 0.1) is 28.5 Å². The van der Waals surface area contributed by atoms with Gasteiger partial charge < -0.3 is 20.6 Å². The van der Waals surface area contributed by atoms with Gasteiger partial charge in [0, 0.05) is 29.0 Å². The lowest BCUT2D eigenvalue weighted by Gasteiger charge is -2.06. The third-order valence-corrected chi connectivity index (χ3v) is 4.62. The minimum absolute atomic E-state index is 0.0135. The number of thiazole rings is 1. The number of hydrogen-bond donors (Lipinski definition) is 3. The number of rotatable bonds is 3. The molecule has 8 heteroatoms. The van der Waals surface area contributed by atoms with Crippen LogP contribution in [0, 0.1) is 0 Å². The van der Waals surface area contributed by atoms with Gasteiger partial charge in [-0.25, -0.2) is 14.8 Å². The summed E-state index contributed by atoms with van der Waals surface area (Å²) in [6.45, 7) is 0.148. The van der Waals surface area contributed by atoms with E-state index in [-0.39, 0.29) is 12.3 Å². The van der Waals surface area contributed by atoms with Crippen molar-refractivity contribution in [3.05, 3.63) is 29.6 Å². The Morgan fingerprint density at radius 2 is 2.22 bits per heavy atom. The van der Waals surface area contributed by atoms with E-state index in [1.54, 1.807) is 0 Å². The Morgan fingerprint density at radius 1 is 1.39 bits per heavy atom. The molecule has 0 aliphatic heterocycles. The van der Waals surface area contributed by atoms with Gasteiger partial charge in [0.15, 0.2) is 10.8 Å². The second-order valence-electron chi connectivity index (χ2n) is 5.12. The number of carboxylic acids is 1. The van der Waals surface area contributed by atoms with Crippen LogP contribution in [-0.2, 0) is 11.3 Å². The number of aromatic nitrogens is 3. The standard InChI is InChI=1S/C15H12N4O3S/c1-22-5-6-10-8(4-17-12(6)14(20)21)18-7-2-3-9-13(11(7)10)19-15(16)23-9/h2-4,18H,5H2,1H3,(H2,16,19)(H,20,21). The molecule has 116 valence electrons. The Labute approximate surface area is 133 Å². The van der Waals surface area contributed by atoms with Crippen LogP contribution in [0.25, 0.3) is 32.0 Å². The summed E-state index contributed by atoms with van der Waals surface area (Å²) in [5, 5.41) is 11.5. The molecule has 0 amide bonds. The lowest BCUT2D eigenvalue weighted by Crippen LogP contribution is -2.07. The molecule has 0 saturated heterocycles. The largest absolute Gasteiger partial charge is 0.477 e. The molecule has 0 unspecified atom stereocenters. The monoisotopic (exact) mass is 328 g/mol. The quantitative estimate of drug-likeness (QED) is 0.533. The van der Waals surface area contributed by atoms with E-state index in [0.29, 0.717) is 10.7 Å². The summed E-state index contributed by atoms with van der Waals surface area (Å²) >= 11 is 1.40. The molecule has 23 heavy (non-hydrogen) atoms. The fourth-order valence-electron chi connectivity index (χ4n) is 2.92. The number of pyridine rings is 1. The normalized spacial score (nSPS) is 11.7. The maximum absolute atomic E-state index is 11.5. The van der Waals surface area contributed by atoms with Crippen molar-refractivity contribution in [3.8, 4) is 0 Å². The molecule has 1 aromatic carbocycles. The van der Waals surface area contributed by atoms with Crippen molar-refractivity contribution >= 4 is 54.5 Å². The first-order valence-electron chi connectivity index (χ1n) is 6.80. The minimum Gasteiger partial charge on any atom is -0.477 e. The summed E-state index contributed by atoms with van der Waals surface area (Å²) in [4.78, 5) is 23.2. The van der Waals surface area contributed by atoms with E-state index in [1.807, 2.05) is 12.1 Å². The number of aromatic carboxylic acids is 1. The third kappa shape index (κ3) is 1.96. The fraction of sp³-hybridized carbons (Fsp3) is 0.133. The first kappa shape index (κ1) is 13.9. The number of aromatic amines is 1.